The van der Waals surface area contributed by atoms with Gasteiger partial charge in [0.25, 0.3) is 5.91 Å². The first kappa shape index (κ1) is 29.5. The van der Waals surface area contributed by atoms with Crippen LogP contribution in [0.5, 0.6) is 5.75 Å². The summed E-state index contributed by atoms with van der Waals surface area (Å²) in [5, 5.41) is 12.5. The number of aromatic nitrogens is 3. The van der Waals surface area contributed by atoms with Crippen molar-refractivity contribution in [3.05, 3.63) is 62.7 Å². The second-order valence-corrected chi connectivity index (χ2v) is 10.9. The van der Waals surface area contributed by atoms with Gasteiger partial charge in [0.15, 0.2) is 11.0 Å². The van der Waals surface area contributed by atoms with E-state index in [1.54, 1.807) is 49.6 Å². The molecule has 3 N–H and O–H groups in total. The highest BCUT2D eigenvalue weighted by Crippen LogP contribution is 2.34. The molecule has 0 aliphatic carbocycles. The Morgan fingerprint density at radius 1 is 1.29 bits per heavy atom. The lowest BCUT2D eigenvalue weighted by molar-refractivity contribution is -0.113. The summed E-state index contributed by atoms with van der Waals surface area (Å²) in [5.41, 5.74) is 5.90. The van der Waals surface area contributed by atoms with Crippen LogP contribution in [0.1, 0.15) is 45.3 Å². The maximum atomic E-state index is 12.8. The molecule has 0 aliphatic rings. The Kier molecular flexibility index (Phi) is 10.2. The maximum absolute atomic E-state index is 12.8. The Labute approximate surface area is 237 Å². The second kappa shape index (κ2) is 13.1. The van der Waals surface area contributed by atoms with Crippen LogP contribution >= 0.6 is 46.3 Å². The molecule has 0 unspecified atom stereocenters. The average Bonchev–Trinajstić information content (AvgIpc) is 3.38. The Hall–Kier alpha value is -3.06. The number of halogens is 2. The summed E-state index contributed by atoms with van der Waals surface area (Å²) in [6.07, 6.45) is 1.28. The van der Waals surface area contributed by atoms with Gasteiger partial charge in [0.05, 0.1) is 27.3 Å². The number of benzene rings is 1. The van der Waals surface area contributed by atoms with Crippen molar-refractivity contribution in [1.29, 1.82) is 0 Å². The van der Waals surface area contributed by atoms with Gasteiger partial charge in [0.1, 0.15) is 17.4 Å². The summed E-state index contributed by atoms with van der Waals surface area (Å²) in [7, 11) is 0. The van der Waals surface area contributed by atoms with Gasteiger partial charge in [0, 0.05) is 17.6 Å². The van der Waals surface area contributed by atoms with E-state index in [2.05, 4.69) is 22.1 Å². The number of ether oxygens (including phenoxy) is 2. The van der Waals surface area contributed by atoms with Crippen LogP contribution in [0, 0.1) is 6.92 Å². The number of anilines is 1. The van der Waals surface area contributed by atoms with Crippen molar-refractivity contribution in [3.63, 3.8) is 0 Å². The first-order valence-corrected chi connectivity index (χ1v) is 13.7. The van der Waals surface area contributed by atoms with E-state index < -0.39 is 17.8 Å². The first-order valence-electron chi connectivity index (χ1n) is 11.2. The lowest BCUT2D eigenvalue weighted by atomic mass is 10.1. The molecule has 38 heavy (non-hydrogen) atoms. The highest BCUT2D eigenvalue weighted by Gasteiger charge is 2.26. The van der Waals surface area contributed by atoms with Crippen molar-refractivity contribution >= 4 is 69.1 Å². The number of esters is 1. The fraction of sp³-hybridized carbons (Fsp3) is 0.292. The number of nitrogens with zero attached hydrogens (tertiary/aromatic N) is 3. The van der Waals surface area contributed by atoms with Gasteiger partial charge in [-0.3, -0.25) is 14.2 Å². The second-order valence-electron chi connectivity index (χ2n) is 8.08. The van der Waals surface area contributed by atoms with Crippen LogP contribution in [0.4, 0.5) is 5.00 Å². The van der Waals surface area contributed by atoms with Crippen LogP contribution in [0.15, 0.2) is 36.0 Å². The third kappa shape index (κ3) is 7.28. The van der Waals surface area contributed by atoms with Crippen LogP contribution < -0.4 is 15.8 Å². The Morgan fingerprint density at radius 3 is 2.68 bits per heavy atom. The summed E-state index contributed by atoms with van der Waals surface area (Å²) < 4.78 is 12.8. The molecule has 10 nitrogen and oxygen atoms in total. The number of primary amides is 1. The Morgan fingerprint density at radius 2 is 2.03 bits per heavy atom. The van der Waals surface area contributed by atoms with Crippen molar-refractivity contribution in [2.45, 2.75) is 45.2 Å². The predicted molar refractivity (Wildman–Crippen MR) is 148 cm³/mol. The highest BCUT2D eigenvalue weighted by atomic mass is 35.5. The number of rotatable bonds is 12. The lowest BCUT2D eigenvalue weighted by Gasteiger charge is -2.11. The van der Waals surface area contributed by atoms with Crippen LogP contribution in [0.25, 0.3) is 0 Å². The average molecular weight is 599 g/mol. The molecule has 3 aromatic rings. The van der Waals surface area contributed by atoms with E-state index in [1.165, 1.54) is 0 Å². The summed E-state index contributed by atoms with van der Waals surface area (Å²) in [6, 6.07) is 4.88. The minimum atomic E-state index is -0.702. The molecule has 0 fully saturated rings. The molecule has 3 rings (SSSR count). The zero-order valence-electron chi connectivity index (χ0n) is 20.7. The summed E-state index contributed by atoms with van der Waals surface area (Å²) in [6.45, 7) is 9.17. The zero-order chi connectivity index (χ0) is 28.0. The maximum Gasteiger partial charge on any atom is 0.341 e. The standard InChI is InChI=1S/C24H25Cl2N5O5S2/c1-5-8-31-17(10-35-16-9-14(25)6-7-15(16)26)29-30-24(31)37-11-18(32)28-22-19(23(34)36-12(2)3)13(4)20(38-22)21(27)33/h5-7,9,12H,1,8,10-11H2,2-4H3,(H2,27,33)(H,28,32). The van der Waals surface area contributed by atoms with Gasteiger partial charge in [-0.05, 0) is 38.5 Å². The molecule has 0 saturated heterocycles. The molecule has 2 aromatic heterocycles. The van der Waals surface area contributed by atoms with Crippen LogP contribution in [-0.4, -0.2) is 44.4 Å². The normalized spacial score (nSPS) is 10.9. The molecule has 2 amide bonds. The third-order valence-corrected chi connectivity index (χ3v) is 7.59. The van der Waals surface area contributed by atoms with Crippen molar-refractivity contribution in [3.8, 4) is 5.75 Å². The number of nitrogens with two attached hydrogens (primary N) is 1. The molecular weight excluding hydrogens is 573 g/mol. The van der Waals surface area contributed by atoms with E-state index >= 15 is 0 Å². The molecule has 1 aromatic carbocycles. The number of hydrogen-bond acceptors (Lipinski definition) is 9. The molecule has 202 valence electrons. The monoisotopic (exact) mass is 597 g/mol. The van der Waals surface area contributed by atoms with Gasteiger partial charge in [0.2, 0.25) is 5.91 Å². The first-order chi connectivity index (χ1) is 18.0. The number of hydrogen-bond donors (Lipinski definition) is 2. The Balaban J connectivity index is 1.72. The molecule has 0 spiro atoms. The molecule has 0 radical (unpaired) electrons. The van der Waals surface area contributed by atoms with E-state index in [0.717, 1.165) is 23.1 Å². The van der Waals surface area contributed by atoms with E-state index in [-0.39, 0.29) is 33.9 Å². The van der Waals surface area contributed by atoms with Crippen molar-refractivity contribution in [1.82, 2.24) is 14.8 Å². The highest BCUT2D eigenvalue weighted by molar-refractivity contribution is 7.99. The van der Waals surface area contributed by atoms with Gasteiger partial charge < -0.3 is 20.5 Å². The van der Waals surface area contributed by atoms with E-state index in [9.17, 15) is 14.4 Å². The smallest absolute Gasteiger partial charge is 0.341 e. The number of allylic oxidation sites excluding steroid dienone is 1. The molecule has 0 aliphatic heterocycles. The lowest BCUT2D eigenvalue weighted by Crippen LogP contribution is -2.18. The molecule has 0 bridgehead atoms. The van der Waals surface area contributed by atoms with Crippen molar-refractivity contribution < 1.29 is 23.9 Å². The fourth-order valence-electron chi connectivity index (χ4n) is 3.22. The number of carbonyl (C=O) groups is 3. The molecule has 2 heterocycles. The summed E-state index contributed by atoms with van der Waals surface area (Å²) in [4.78, 5) is 37.4. The SMILES string of the molecule is C=CCn1c(COc2cc(Cl)ccc2Cl)nnc1SCC(=O)Nc1sc(C(N)=O)c(C)c1C(=O)OC(C)C. The van der Waals surface area contributed by atoms with Gasteiger partial charge in [-0.1, -0.05) is 41.0 Å². The molecule has 0 saturated carbocycles. The largest absolute Gasteiger partial charge is 0.484 e. The Bertz CT molecular complexity index is 1370. The van der Waals surface area contributed by atoms with Crippen LogP contribution in [-0.2, 0) is 22.7 Å². The number of thioether (sulfide) groups is 1. The van der Waals surface area contributed by atoms with Crippen LogP contribution in [0.3, 0.4) is 0 Å². The minimum absolute atomic E-state index is 0.0549. The number of nitrogens with one attached hydrogen (secondary N) is 1. The topological polar surface area (TPSA) is 138 Å². The molecule has 0 atom stereocenters. The van der Waals surface area contributed by atoms with E-state index in [1.807, 2.05) is 0 Å². The van der Waals surface area contributed by atoms with E-state index in [4.69, 9.17) is 38.4 Å². The van der Waals surface area contributed by atoms with E-state index in [0.29, 0.717) is 38.9 Å². The summed E-state index contributed by atoms with van der Waals surface area (Å²) >= 11 is 14.2. The predicted octanol–water partition coefficient (Wildman–Crippen LogP) is 5.11. The van der Waals surface area contributed by atoms with Gasteiger partial charge in [-0.25, -0.2) is 4.79 Å². The summed E-state index contributed by atoms with van der Waals surface area (Å²) in [5.74, 6) is -0.955. The zero-order valence-corrected chi connectivity index (χ0v) is 23.9. The van der Waals surface area contributed by atoms with Gasteiger partial charge in [-0.15, -0.1) is 28.1 Å². The third-order valence-electron chi connectivity index (χ3n) is 4.86. The molecular formula is C24H25Cl2N5O5S2. The number of thiophene rings is 1. The van der Waals surface area contributed by atoms with Crippen molar-refractivity contribution in [2.24, 2.45) is 5.73 Å². The molecule has 14 heteroatoms. The number of amides is 2. The number of carbonyl (C=O) groups excluding carboxylic acids is 3. The van der Waals surface area contributed by atoms with Gasteiger partial charge in [-0.2, -0.15) is 0 Å². The van der Waals surface area contributed by atoms with Gasteiger partial charge >= 0.3 is 5.97 Å². The fourth-order valence-corrected chi connectivity index (χ4v) is 5.39. The minimum Gasteiger partial charge on any atom is -0.484 e. The van der Waals surface area contributed by atoms with Crippen LogP contribution in [0.2, 0.25) is 10.0 Å². The van der Waals surface area contributed by atoms with Crippen molar-refractivity contribution in [2.75, 3.05) is 11.1 Å². The quantitative estimate of drug-likeness (QED) is 0.167.